The van der Waals surface area contributed by atoms with Gasteiger partial charge >= 0.3 is 0 Å². The summed E-state index contributed by atoms with van der Waals surface area (Å²) in [6.07, 6.45) is 7.41. The number of rotatable bonds is 3. The monoisotopic (exact) mass is 327 g/mol. The Hall–Kier alpha value is -2.70. The van der Waals surface area contributed by atoms with Crippen LogP contribution in [0.3, 0.4) is 0 Å². The van der Waals surface area contributed by atoms with Crippen LogP contribution in [0.4, 0.5) is 10.2 Å². The van der Waals surface area contributed by atoms with Crippen LogP contribution in [-0.4, -0.2) is 26.1 Å². The second-order valence-corrected chi connectivity index (χ2v) is 6.22. The molecule has 4 rings (SSSR count). The number of nitrogens with one attached hydrogen (secondary N) is 3. The molecule has 1 fully saturated rings. The first-order chi connectivity index (χ1) is 11.7. The highest BCUT2D eigenvalue weighted by Gasteiger charge is 2.20. The molecule has 3 N–H and O–H groups in total. The normalized spacial score (nSPS) is 15.7. The number of hydrogen-bond acceptors (Lipinski definition) is 3. The lowest BCUT2D eigenvalue weighted by molar-refractivity contribution is 0.102. The molecule has 0 spiro atoms. The molecule has 1 amide bonds. The second-order valence-electron chi connectivity index (χ2n) is 6.22. The van der Waals surface area contributed by atoms with Gasteiger partial charge in [-0.2, -0.15) is 5.10 Å². The highest BCUT2D eigenvalue weighted by molar-refractivity contribution is 6.05. The summed E-state index contributed by atoms with van der Waals surface area (Å²) in [7, 11) is 0. The second kappa shape index (κ2) is 6.07. The van der Waals surface area contributed by atoms with Crippen molar-refractivity contribution in [1.29, 1.82) is 0 Å². The molecule has 0 aliphatic heterocycles. The Bertz CT molecular complexity index is 878. The number of aromatic amines is 2. The molecule has 124 valence electrons. The first kappa shape index (κ1) is 14.9. The van der Waals surface area contributed by atoms with E-state index in [0.717, 1.165) is 18.5 Å². The van der Waals surface area contributed by atoms with Crippen LogP contribution in [0.15, 0.2) is 24.5 Å². The van der Waals surface area contributed by atoms with Gasteiger partial charge in [-0.05, 0) is 25.0 Å². The summed E-state index contributed by atoms with van der Waals surface area (Å²) in [5.41, 5.74) is 1.71. The van der Waals surface area contributed by atoms with E-state index in [-0.39, 0.29) is 11.1 Å². The molecule has 0 radical (unpaired) electrons. The van der Waals surface area contributed by atoms with E-state index < -0.39 is 11.7 Å². The quantitative estimate of drug-likeness (QED) is 0.685. The summed E-state index contributed by atoms with van der Waals surface area (Å²) < 4.78 is 14.4. The van der Waals surface area contributed by atoms with Crippen LogP contribution in [0, 0.1) is 5.82 Å². The van der Waals surface area contributed by atoms with Crippen LogP contribution in [0.5, 0.6) is 0 Å². The molecule has 0 atom stereocenters. The first-order valence-corrected chi connectivity index (χ1v) is 8.20. The summed E-state index contributed by atoms with van der Waals surface area (Å²) >= 11 is 0. The van der Waals surface area contributed by atoms with Crippen LogP contribution in [0.2, 0.25) is 0 Å². The van der Waals surface area contributed by atoms with Crippen molar-refractivity contribution in [2.45, 2.75) is 38.0 Å². The Labute approximate surface area is 137 Å². The van der Waals surface area contributed by atoms with E-state index in [9.17, 15) is 9.18 Å². The molecule has 0 saturated heterocycles. The molecular weight excluding hydrogens is 309 g/mol. The zero-order valence-electron chi connectivity index (χ0n) is 13.1. The molecule has 1 aliphatic rings. The molecule has 0 unspecified atom stereocenters. The Morgan fingerprint density at radius 2 is 2.08 bits per heavy atom. The zero-order valence-corrected chi connectivity index (χ0v) is 13.1. The predicted molar refractivity (Wildman–Crippen MR) is 88.4 cm³/mol. The Morgan fingerprint density at radius 3 is 2.92 bits per heavy atom. The van der Waals surface area contributed by atoms with Gasteiger partial charge in [0.25, 0.3) is 5.91 Å². The van der Waals surface area contributed by atoms with Gasteiger partial charge in [-0.25, -0.2) is 9.37 Å². The number of halogens is 1. The van der Waals surface area contributed by atoms with Gasteiger partial charge in [-0.3, -0.25) is 9.89 Å². The third-order valence-electron chi connectivity index (χ3n) is 4.66. The number of carbonyl (C=O) groups is 1. The van der Waals surface area contributed by atoms with Crippen molar-refractivity contribution in [1.82, 2.24) is 20.2 Å². The van der Waals surface area contributed by atoms with E-state index >= 15 is 0 Å². The highest BCUT2D eigenvalue weighted by atomic mass is 19.1. The third-order valence-corrected chi connectivity index (χ3v) is 4.66. The lowest BCUT2D eigenvalue weighted by Crippen LogP contribution is -2.14. The number of fused-ring (bicyclic) bond motifs is 1. The number of amides is 1. The van der Waals surface area contributed by atoms with Crippen molar-refractivity contribution in [2.75, 3.05) is 5.32 Å². The lowest BCUT2D eigenvalue weighted by Gasteiger charge is -2.19. The summed E-state index contributed by atoms with van der Waals surface area (Å²) in [4.78, 5) is 19.1. The zero-order chi connectivity index (χ0) is 16.5. The molecule has 6 nitrogen and oxygen atoms in total. The Kier molecular flexibility index (Phi) is 3.76. The predicted octanol–water partition coefficient (Wildman–Crippen LogP) is 3.73. The minimum Gasteiger partial charge on any atom is -0.345 e. The highest BCUT2D eigenvalue weighted by Crippen LogP contribution is 2.32. The van der Waals surface area contributed by atoms with E-state index in [2.05, 4.69) is 25.5 Å². The molecule has 0 bridgehead atoms. The van der Waals surface area contributed by atoms with Crippen LogP contribution in [-0.2, 0) is 0 Å². The number of anilines is 1. The van der Waals surface area contributed by atoms with E-state index in [1.807, 2.05) is 6.07 Å². The standard InChI is InChI=1S/C17H18FN5O/c18-15-11(6-7-12-16(15)20-9-19-12)17(24)21-14-8-13(22-23-14)10-4-2-1-3-5-10/h6-10H,1-5H2,(H,19,20)(H2,21,22,23,24). The summed E-state index contributed by atoms with van der Waals surface area (Å²) in [6, 6.07) is 4.93. The van der Waals surface area contributed by atoms with Crippen LogP contribution < -0.4 is 5.32 Å². The maximum Gasteiger partial charge on any atom is 0.259 e. The van der Waals surface area contributed by atoms with E-state index in [1.54, 1.807) is 6.07 Å². The number of H-pyrrole nitrogens is 2. The SMILES string of the molecule is O=C(Nc1cc(C2CCCCC2)[nH]n1)c1ccc2[nH]cnc2c1F. The van der Waals surface area contributed by atoms with Crippen molar-refractivity contribution in [3.8, 4) is 0 Å². The smallest absolute Gasteiger partial charge is 0.259 e. The average Bonchev–Trinajstić information content (AvgIpc) is 3.25. The molecule has 7 heteroatoms. The summed E-state index contributed by atoms with van der Waals surface area (Å²) in [5, 5.41) is 9.79. The van der Waals surface area contributed by atoms with Crippen molar-refractivity contribution in [3.05, 3.63) is 41.6 Å². The molecular formula is C17H18FN5O. The van der Waals surface area contributed by atoms with Crippen LogP contribution in [0.25, 0.3) is 11.0 Å². The fraction of sp³-hybridized carbons (Fsp3) is 0.353. The number of carbonyl (C=O) groups excluding carboxylic acids is 1. The fourth-order valence-electron chi connectivity index (χ4n) is 3.36. The maximum atomic E-state index is 14.4. The molecule has 1 aliphatic carbocycles. The number of hydrogen-bond donors (Lipinski definition) is 3. The molecule has 1 saturated carbocycles. The number of benzene rings is 1. The van der Waals surface area contributed by atoms with Gasteiger partial charge in [-0.15, -0.1) is 0 Å². The third kappa shape index (κ3) is 2.66. The summed E-state index contributed by atoms with van der Waals surface area (Å²) in [6.45, 7) is 0. The van der Waals surface area contributed by atoms with E-state index in [1.165, 1.54) is 31.7 Å². The number of imidazole rings is 1. The molecule has 2 aromatic heterocycles. The number of aromatic nitrogens is 4. The van der Waals surface area contributed by atoms with E-state index in [0.29, 0.717) is 17.3 Å². The van der Waals surface area contributed by atoms with E-state index in [4.69, 9.17) is 0 Å². The van der Waals surface area contributed by atoms with Gasteiger partial charge in [0, 0.05) is 17.7 Å². The fourth-order valence-corrected chi connectivity index (χ4v) is 3.36. The van der Waals surface area contributed by atoms with Gasteiger partial charge in [0.15, 0.2) is 11.6 Å². The van der Waals surface area contributed by atoms with Crippen molar-refractivity contribution < 1.29 is 9.18 Å². The van der Waals surface area contributed by atoms with Gasteiger partial charge in [-0.1, -0.05) is 19.3 Å². The summed E-state index contributed by atoms with van der Waals surface area (Å²) in [5.74, 6) is -0.274. The number of nitrogens with zero attached hydrogens (tertiary/aromatic N) is 2. The van der Waals surface area contributed by atoms with Gasteiger partial charge in [0.05, 0.1) is 17.4 Å². The largest absolute Gasteiger partial charge is 0.345 e. The lowest BCUT2D eigenvalue weighted by atomic mass is 9.87. The first-order valence-electron chi connectivity index (χ1n) is 8.20. The topological polar surface area (TPSA) is 86.5 Å². The van der Waals surface area contributed by atoms with Crippen LogP contribution in [0.1, 0.15) is 54.1 Å². The van der Waals surface area contributed by atoms with Crippen molar-refractivity contribution >= 4 is 22.8 Å². The van der Waals surface area contributed by atoms with Crippen molar-refractivity contribution in [2.24, 2.45) is 0 Å². The van der Waals surface area contributed by atoms with Gasteiger partial charge in [0.1, 0.15) is 5.52 Å². The minimum atomic E-state index is -0.630. The molecule has 3 aromatic rings. The average molecular weight is 327 g/mol. The van der Waals surface area contributed by atoms with Crippen LogP contribution >= 0.6 is 0 Å². The molecule has 24 heavy (non-hydrogen) atoms. The van der Waals surface area contributed by atoms with Gasteiger partial charge < -0.3 is 10.3 Å². The minimum absolute atomic E-state index is 0.0446. The Balaban J connectivity index is 1.53. The van der Waals surface area contributed by atoms with Crippen molar-refractivity contribution in [3.63, 3.8) is 0 Å². The molecule has 1 aromatic carbocycles. The maximum absolute atomic E-state index is 14.4. The Morgan fingerprint density at radius 1 is 1.25 bits per heavy atom. The molecule has 2 heterocycles. The van der Waals surface area contributed by atoms with Gasteiger partial charge in [0.2, 0.25) is 0 Å².